The second-order valence-electron chi connectivity index (χ2n) is 8.76. The minimum absolute atomic E-state index is 0.190. The van der Waals surface area contributed by atoms with E-state index < -0.39 is 5.97 Å². The number of carbonyl (C=O) groups excluding carboxylic acids is 1. The summed E-state index contributed by atoms with van der Waals surface area (Å²) >= 11 is 12.0. The predicted octanol–water partition coefficient (Wildman–Crippen LogP) is 6.20. The summed E-state index contributed by atoms with van der Waals surface area (Å²) < 4.78 is 10.9. The molecule has 204 valence electrons. The SMILES string of the molecule is COc1cc(/C=N\Nc2nc(Nc3ccccc3)nc(N3CCCC3)n2)ccc1OC(=O)c1ccc(Cl)cc1Cl. The minimum Gasteiger partial charge on any atom is -0.493 e. The summed E-state index contributed by atoms with van der Waals surface area (Å²) in [5.74, 6) is 1.23. The molecule has 1 aliphatic heterocycles. The summed E-state index contributed by atoms with van der Waals surface area (Å²) in [4.78, 5) is 28.4. The highest BCUT2D eigenvalue weighted by atomic mass is 35.5. The van der Waals surface area contributed by atoms with E-state index in [4.69, 9.17) is 32.7 Å². The number of nitrogens with zero attached hydrogens (tertiary/aromatic N) is 5. The zero-order valence-corrected chi connectivity index (χ0v) is 23.0. The fraction of sp³-hybridized carbons (Fsp3) is 0.179. The van der Waals surface area contributed by atoms with Crippen molar-refractivity contribution in [1.82, 2.24) is 15.0 Å². The number of nitrogens with one attached hydrogen (secondary N) is 2. The number of benzene rings is 3. The van der Waals surface area contributed by atoms with Gasteiger partial charge in [0.05, 0.1) is 23.9 Å². The highest BCUT2D eigenvalue weighted by Crippen LogP contribution is 2.30. The molecule has 2 N–H and O–H groups in total. The monoisotopic (exact) mass is 577 g/mol. The summed E-state index contributed by atoms with van der Waals surface area (Å²) in [7, 11) is 1.48. The third kappa shape index (κ3) is 6.77. The van der Waals surface area contributed by atoms with Gasteiger partial charge in [-0.05, 0) is 66.9 Å². The Balaban J connectivity index is 1.30. The molecule has 0 unspecified atom stereocenters. The Morgan fingerprint density at radius 3 is 2.48 bits per heavy atom. The van der Waals surface area contributed by atoms with Crippen LogP contribution in [0.4, 0.5) is 23.5 Å². The Hall–Kier alpha value is -4.41. The van der Waals surface area contributed by atoms with Gasteiger partial charge < -0.3 is 19.7 Å². The molecule has 2 heterocycles. The van der Waals surface area contributed by atoms with Gasteiger partial charge >= 0.3 is 5.97 Å². The first-order valence-electron chi connectivity index (χ1n) is 12.5. The van der Waals surface area contributed by atoms with Crippen LogP contribution in [0.15, 0.2) is 71.8 Å². The number of para-hydroxylation sites is 1. The summed E-state index contributed by atoms with van der Waals surface area (Å²) in [5.41, 5.74) is 4.63. The van der Waals surface area contributed by atoms with Crippen LogP contribution in [0.2, 0.25) is 10.0 Å². The van der Waals surface area contributed by atoms with E-state index in [1.807, 2.05) is 30.3 Å². The quantitative estimate of drug-likeness (QED) is 0.104. The van der Waals surface area contributed by atoms with Crippen molar-refractivity contribution in [3.8, 4) is 11.5 Å². The first kappa shape index (κ1) is 27.2. The Kier molecular flexibility index (Phi) is 8.58. The van der Waals surface area contributed by atoms with Gasteiger partial charge in [0.15, 0.2) is 11.5 Å². The molecular formula is C28H25Cl2N7O3. The average molecular weight is 578 g/mol. The van der Waals surface area contributed by atoms with Crippen molar-refractivity contribution in [3.63, 3.8) is 0 Å². The molecule has 12 heteroatoms. The van der Waals surface area contributed by atoms with Gasteiger partial charge in [0.2, 0.25) is 17.8 Å². The summed E-state index contributed by atoms with van der Waals surface area (Å²) in [6, 6.07) is 19.2. The molecule has 1 aromatic heterocycles. The van der Waals surface area contributed by atoms with Crippen LogP contribution in [0, 0.1) is 0 Å². The van der Waals surface area contributed by atoms with Gasteiger partial charge in [-0.3, -0.25) is 0 Å². The van der Waals surface area contributed by atoms with Crippen LogP contribution in [0.3, 0.4) is 0 Å². The largest absolute Gasteiger partial charge is 0.493 e. The lowest BCUT2D eigenvalue weighted by Crippen LogP contribution is -2.21. The zero-order chi connectivity index (χ0) is 27.9. The fourth-order valence-electron chi connectivity index (χ4n) is 4.00. The van der Waals surface area contributed by atoms with Crippen LogP contribution >= 0.6 is 23.2 Å². The van der Waals surface area contributed by atoms with E-state index in [-0.39, 0.29) is 16.3 Å². The molecule has 40 heavy (non-hydrogen) atoms. The van der Waals surface area contributed by atoms with E-state index >= 15 is 0 Å². The standard InChI is InChI=1S/C28H25Cl2N7O3/c1-39-24-15-18(9-12-23(24)40-25(38)21-11-10-19(29)16-22(21)30)17-31-36-27-33-26(32-20-7-3-2-4-8-20)34-28(35-27)37-13-5-6-14-37/h2-4,7-12,15-17H,5-6,13-14H2,1H3,(H2,32,33,34,35,36)/b31-17-. The van der Waals surface area contributed by atoms with Crippen LogP contribution in [0.5, 0.6) is 11.5 Å². The third-order valence-corrected chi connectivity index (χ3v) is 6.51. The lowest BCUT2D eigenvalue weighted by Gasteiger charge is -2.16. The third-order valence-electron chi connectivity index (χ3n) is 5.96. The lowest BCUT2D eigenvalue weighted by atomic mass is 10.2. The van der Waals surface area contributed by atoms with Crippen LogP contribution in [-0.2, 0) is 0 Å². The molecule has 1 saturated heterocycles. The molecule has 10 nitrogen and oxygen atoms in total. The second-order valence-corrected chi connectivity index (χ2v) is 9.61. The van der Waals surface area contributed by atoms with E-state index in [2.05, 4.69) is 35.7 Å². The molecule has 1 aliphatic rings. The molecule has 0 radical (unpaired) electrons. The molecule has 0 saturated carbocycles. The Morgan fingerprint density at radius 1 is 0.950 bits per heavy atom. The average Bonchev–Trinajstić information content (AvgIpc) is 3.49. The van der Waals surface area contributed by atoms with E-state index in [0.29, 0.717) is 34.2 Å². The molecular weight excluding hydrogens is 553 g/mol. The molecule has 0 spiro atoms. The van der Waals surface area contributed by atoms with Crippen LogP contribution in [0.25, 0.3) is 0 Å². The van der Waals surface area contributed by atoms with E-state index in [1.165, 1.54) is 19.2 Å². The minimum atomic E-state index is -0.633. The number of methoxy groups -OCH3 is 1. The van der Waals surface area contributed by atoms with Gasteiger partial charge in [-0.1, -0.05) is 41.4 Å². The number of anilines is 4. The predicted molar refractivity (Wildman–Crippen MR) is 157 cm³/mol. The lowest BCUT2D eigenvalue weighted by molar-refractivity contribution is 0.0730. The highest BCUT2D eigenvalue weighted by Gasteiger charge is 2.18. The molecule has 4 aromatic rings. The topological polar surface area (TPSA) is 114 Å². The smallest absolute Gasteiger partial charge is 0.345 e. The van der Waals surface area contributed by atoms with Gasteiger partial charge in [0, 0.05) is 23.8 Å². The van der Waals surface area contributed by atoms with Crippen LogP contribution in [0.1, 0.15) is 28.8 Å². The van der Waals surface area contributed by atoms with Crippen molar-refractivity contribution in [2.75, 3.05) is 35.8 Å². The zero-order valence-electron chi connectivity index (χ0n) is 21.5. The summed E-state index contributed by atoms with van der Waals surface area (Å²) in [5, 5.41) is 8.13. The van der Waals surface area contributed by atoms with Crippen molar-refractivity contribution >= 4 is 58.9 Å². The maximum absolute atomic E-state index is 12.6. The van der Waals surface area contributed by atoms with Gasteiger partial charge in [0.1, 0.15) is 0 Å². The number of esters is 1. The van der Waals surface area contributed by atoms with Gasteiger partial charge in [-0.2, -0.15) is 20.1 Å². The number of hydrazone groups is 1. The number of halogens is 2. The van der Waals surface area contributed by atoms with Gasteiger partial charge in [-0.15, -0.1) is 0 Å². The maximum Gasteiger partial charge on any atom is 0.345 e. The summed E-state index contributed by atoms with van der Waals surface area (Å²) in [6.45, 7) is 1.77. The Bertz CT molecular complexity index is 1530. The molecule has 3 aromatic carbocycles. The van der Waals surface area contributed by atoms with Gasteiger partial charge in [-0.25, -0.2) is 10.2 Å². The summed E-state index contributed by atoms with van der Waals surface area (Å²) in [6.07, 6.45) is 3.76. The van der Waals surface area contributed by atoms with Crippen LogP contribution in [-0.4, -0.2) is 47.3 Å². The molecule has 0 amide bonds. The number of ether oxygens (including phenoxy) is 2. The highest BCUT2D eigenvalue weighted by molar-refractivity contribution is 6.36. The normalized spacial score (nSPS) is 12.9. The van der Waals surface area contributed by atoms with Crippen molar-refractivity contribution in [1.29, 1.82) is 0 Å². The van der Waals surface area contributed by atoms with E-state index in [0.717, 1.165) is 31.6 Å². The first-order chi connectivity index (χ1) is 19.5. The Labute approximate surface area is 241 Å². The number of hydrogen-bond acceptors (Lipinski definition) is 10. The van der Waals surface area contributed by atoms with Crippen molar-refractivity contribution in [2.45, 2.75) is 12.8 Å². The molecule has 0 atom stereocenters. The van der Waals surface area contributed by atoms with E-state index in [1.54, 1.807) is 30.5 Å². The molecule has 5 rings (SSSR count). The number of rotatable bonds is 9. The van der Waals surface area contributed by atoms with Crippen molar-refractivity contribution in [3.05, 3.63) is 87.9 Å². The molecule has 0 aliphatic carbocycles. The fourth-order valence-corrected chi connectivity index (χ4v) is 4.49. The van der Waals surface area contributed by atoms with E-state index in [9.17, 15) is 4.79 Å². The first-order valence-corrected chi connectivity index (χ1v) is 13.2. The van der Waals surface area contributed by atoms with Crippen molar-refractivity contribution < 1.29 is 14.3 Å². The number of hydrogen-bond donors (Lipinski definition) is 2. The Morgan fingerprint density at radius 2 is 1.73 bits per heavy atom. The maximum atomic E-state index is 12.6. The van der Waals surface area contributed by atoms with Crippen LogP contribution < -0.4 is 25.1 Å². The number of carbonyl (C=O) groups is 1. The molecule has 1 fully saturated rings. The number of aromatic nitrogens is 3. The second kappa shape index (κ2) is 12.6. The molecule has 0 bridgehead atoms. The van der Waals surface area contributed by atoms with Gasteiger partial charge in [0.25, 0.3) is 0 Å². The van der Waals surface area contributed by atoms with Crippen molar-refractivity contribution in [2.24, 2.45) is 5.10 Å².